The average molecular weight is 242 g/mol. The fourth-order valence-electron chi connectivity index (χ4n) is 1.27. The number of halogens is 1. The van der Waals surface area contributed by atoms with Gasteiger partial charge in [-0.05, 0) is 36.2 Å². The van der Waals surface area contributed by atoms with Crippen molar-refractivity contribution in [1.82, 2.24) is 9.78 Å². The lowest BCUT2D eigenvalue weighted by atomic mass is 10.2. The summed E-state index contributed by atoms with van der Waals surface area (Å²) in [6.07, 6.45) is 0.783. The van der Waals surface area contributed by atoms with E-state index in [1.165, 1.54) is 0 Å². The SMILES string of the molecule is CCC(C#N)n1nc(C)c(Br)c1C. The Morgan fingerprint density at radius 1 is 1.62 bits per heavy atom. The van der Waals surface area contributed by atoms with E-state index in [-0.39, 0.29) is 6.04 Å². The van der Waals surface area contributed by atoms with Crippen molar-refractivity contribution in [2.45, 2.75) is 33.2 Å². The van der Waals surface area contributed by atoms with Gasteiger partial charge in [-0.3, -0.25) is 4.68 Å². The minimum absolute atomic E-state index is 0.148. The standard InChI is InChI=1S/C9H12BrN3/c1-4-8(5-11)13-7(3)9(10)6(2)12-13/h8H,4H2,1-3H3. The molecule has 4 heteroatoms. The maximum Gasteiger partial charge on any atom is 0.138 e. The van der Waals surface area contributed by atoms with Crippen LogP contribution in [0.5, 0.6) is 0 Å². The first-order valence-corrected chi connectivity index (χ1v) is 5.02. The molecule has 0 aromatic carbocycles. The zero-order valence-corrected chi connectivity index (χ0v) is 9.59. The van der Waals surface area contributed by atoms with Crippen molar-refractivity contribution in [3.05, 3.63) is 15.9 Å². The van der Waals surface area contributed by atoms with E-state index in [1.807, 2.05) is 20.8 Å². The van der Waals surface area contributed by atoms with Crippen LogP contribution >= 0.6 is 15.9 Å². The van der Waals surface area contributed by atoms with Gasteiger partial charge >= 0.3 is 0 Å². The van der Waals surface area contributed by atoms with E-state index in [4.69, 9.17) is 5.26 Å². The molecule has 0 saturated heterocycles. The maximum absolute atomic E-state index is 8.88. The van der Waals surface area contributed by atoms with E-state index in [9.17, 15) is 0 Å². The Hall–Kier alpha value is -0.820. The third-order valence-electron chi connectivity index (χ3n) is 2.07. The number of hydrogen-bond donors (Lipinski definition) is 0. The number of hydrogen-bond acceptors (Lipinski definition) is 2. The van der Waals surface area contributed by atoms with Crippen molar-refractivity contribution in [3.8, 4) is 6.07 Å². The van der Waals surface area contributed by atoms with Crippen LogP contribution in [0.2, 0.25) is 0 Å². The molecule has 1 atom stereocenters. The van der Waals surface area contributed by atoms with Crippen LogP contribution in [0.4, 0.5) is 0 Å². The molecule has 0 N–H and O–H groups in total. The summed E-state index contributed by atoms with van der Waals surface area (Å²) in [5, 5.41) is 13.2. The fraction of sp³-hybridized carbons (Fsp3) is 0.556. The topological polar surface area (TPSA) is 41.6 Å². The molecule has 0 saturated carbocycles. The van der Waals surface area contributed by atoms with Crippen LogP contribution in [0.25, 0.3) is 0 Å². The van der Waals surface area contributed by atoms with Crippen molar-refractivity contribution in [1.29, 1.82) is 5.26 Å². The lowest BCUT2D eigenvalue weighted by molar-refractivity contribution is 0.519. The average Bonchev–Trinajstić information content (AvgIpc) is 2.36. The van der Waals surface area contributed by atoms with E-state index in [2.05, 4.69) is 27.1 Å². The first kappa shape index (κ1) is 10.3. The molecule has 0 bridgehead atoms. The van der Waals surface area contributed by atoms with Crippen LogP contribution in [0.1, 0.15) is 30.8 Å². The molecule has 1 rings (SSSR count). The van der Waals surface area contributed by atoms with E-state index >= 15 is 0 Å². The van der Waals surface area contributed by atoms with Crippen molar-refractivity contribution in [2.24, 2.45) is 0 Å². The van der Waals surface area contributed by atoms with Crippen LogP contribution in [0.15, 0.2) is 4.47 Å². The van der Waals surface area contributed by atoms with Gasteiger partial charge in [0.15, 0.2) is 0 Å². The molecular formula is C9H12BrN3. The lowest BCUT2D eigenvalue weighted by Crippen LogP contribution is -2.09. The summed E-state index contributed by atoms with van der Waals surface area (Å²) in [7, 11) is 0. The molecular weight excluding hydrogens is 230 g/mol. The highest BCUT2D eigenvalue weighted by Gasteiger charge is 2.14. The second kappa shape index (κ2) is 3.93. The predicted octanol–water partition coefficient (Wildman–Crippen LogP) is 2.74. The van der Waals surface area contributed by atoms with Gasteiger partial charge in [-0.2, -0.15) is 10.4 Å². The van der Waals surface area contributed by atoms with Gasteiger partial charge in [0.25, 0.3) is 0 Å². The number of aromatic nitrogens is 2. The molecule has 0 radical (unpaired) electrons. The summed E-state index contributed by atoms with van der Waals surface area (Å²) < 4.78 is 2.78. The Balaban J connectivity index is 3.16. The lowest BCUT2D eigenvalue weighted by Gasteiger charge is -2.08. The number of nitrogens with zero attached hydrogens (tertiary/aromatic N) is 3. The van der Waals surface area contributed by atoms with Gasteiger partial charge in [-0.25, -0.2) is 0 Å². The summed E-state index contributed by atoms with van der Waals surface area (Å²) >= 11 is 3.43. The summed E-state index contributed by atoms with van der Waals surface area (Å²) in [6, 6.07) is 2.08. The highest BCUT2D eigenvalue weighted by molar-refractivity contribution is 9.10. The molecule has 1 unspecified atom stereocenters. The van der Waals surface area contributed by atoms with E-state index < -0.39 is 0 Å². The van der Waals surface area contributed by atoms with Gasteiger partial charge in [-0.15, -0.1) is 0 Å². The molecule has 0 amide bonds. The molecule has 0 aliphatic carbocycles. The molecule has 0 aliphatic rings. The minimum atomic E-state index is -0.148. The zero-order chi connectivity index (χ0) is 10.0. The number of rotatable bonds is 2. The molecule has 3 nitrogen and oxygen atoms in total. The second-order valence-electron chi connectivity index (χ2n) is 2.98. The summed E-state index contributed by atoms with van der Waals surface area (Å²) in [6.45, 7) is 5.88. The Morgan fingerprint density at radius 2 is 2.23 bits per heavy atom. The summed E-state index contributed by atoms with van der Waals surface area (Å²) in [4.78, 5) is 0. The Labute approximate surface area is 86.5 Å². The van der Waals surface area contributed by atoms with E-state index in [0.29, 0.717) is 0 Å². The fourth-order valence-corrected chi connectivity index (χ4v) is 1.53. The zero-order valence-electron chi connectivity index (χ0n) is 8.00. The summed E-state index contributed by atoms with van der Waals surface area (Å²) in [5.41, 5.74) is 1.96. The van der Waals surface area contributed by atoms with Crippen LogP contribution in [-0.2, 0) is 0 Å². The van der Waals surface area contributed by atoms with Gasteiger partial charge < -0.3 is 0 Å². The van der Waals surface area contributed by atoms with Gasteiger partial charge in [0, 0.05) is 0 Å². The monoisotopic (exact) mass is 241 g/mol. The van der Waals surface area contributed by atoms with Crippen LogP contribution in [-0.4, -0.2) is 9.78 Å². The van der Waals surface area contributed by atoms with Gasteiger partial charge in [0.05, 0.1) is 21.9 Å². The van der Waals surface area contributed by atoms with Gasteiger partial charge in [-0.1, -0.05) is 6.92 Å². The first-order valence-electron chi connectivity index (χ1n) is 4.22. The third-order valence-corrected chi connectivity index (χ3v) is 3.22. The molecule has 1 aromatic rings. The van der Waals surface area contributed by atoms with Crippen LogP contribution in [0.3, 0.4) is 0 Å². The highest BCUT2D eigenvalue weighted by Crippen LogP contribution is 2.23. The smallest absolute Gasteiger partial charge is 0.138 e. The van der Waals surface area contributed by atoms with Crippen LogP contribution < -0.4 is 0 Å². The molecule has 1 heterocycles. The van der Waals surface area contributed by atoms with E-state index in [0.717, 1.165) is 22.3 Å². The summed E-state index contributed by atoms with van der Waals surface area (Å²) in [5.74, 6) is 0. The predicted molar refractivity (Wildman–Crippen MR) is 54.3 cm³/mol. The van der Waals surface area contributed by atoms with Crippen molar-refractivity contribution < 1.29 is 0 Å². The molecule has 0 spiro atoms. The Morgan fingerprint density at radius 3 is 2.54 bits per heavy atom. The van der Waals surface area contributed by atoms with E-state index in [1.54, 1.807) is 4.68 Å². The van der Waals surface area contributed by atoms with Gasteiger partial charge in [0.1, 0.15) is 6.04 Å². The molecule has 1 aromatic heterocycles. The number of nitriles is 1. The normalized spacial score (nSPS) is 12.5. The van der Waals surface area contributed by atoms with Crippen molar-refractivity contribution in [3.63, 3.8) is 0 Å². The van der Waals surface area contributed by atoms with Gasteiger partial charge in [0.2, 0.25) is 0 Å². The molecule has 13 heavy (non-hydrogen) atoms. The second-order valence-corrected chi connectivity index (χ2v) is 3.78. The maximum atomic E-state index is 8.88. The quantitative estimate of drug-likeness (QED) is 0.800. The van der Waals surface area contributed by atoms with Crippen molar-refractivity contribution >= 4 is 15.9 Å². The molecule has 0 aliphatic heterocycles. The molecule has 0 fully saturated rings. The van der Waals surface area contributed by atoms with Crippen molar-refractivity contribution in [2.75, 3.05) is 0 Å². The Bertz CT molecular complexity index is 348. The Kier molecular flexibility index (Phi) is 3.10. The van der Waals surface area contributed by atoms with Crippen LogP contribution in [0, 0.1) is 25.2 Å². The molecule has 70 valence electrons. The third kappa shape index (κ3) is 1.75. The largest absolute Gasteiger partial charge is 0.251 e. The first-order chi connectivity index (χ1) is 6.11. The number of aryl methyl sites for hydroxylation is 1. The highest BCUT2D eigenvalue weighted by atomic mass is 79.9. The minimum Gasteiger partial charge on any atom is -0.251 e.